The number of Topliss-reactive ketones (excluding diaryl/α,β-unsaturated/α-hetero) is 1. The summed E-state index contributed by atoms with van der Waals surface area (Å²) in [5.41, 5.74) is -0.769. The minimum absolute atomic E-state index is 0.365. The van der Waals surface area contributed by atoms with E-state index in [1.807, 2.05) is 6.92 Å². The molecule has 0 heterocycles. The summed E-state index contributed by atoms with van der Waals surface area (Å²) in [4.78, 5) is 36.5. The van der Waals surface area contributed by atoms with Gasteiger partial charge in [-0.3, -0.25) is 9.59 Å². The van der Waals surface area contributed by atoms with Crippen LogP contribution >= 0.6 is 0 Å². The van der Waals surface area contributed by atoms with E-state index < -0.39 is 28.8 Å². The van der Waals surface area contributed by atoms with Crippen LogP contribution in [0.15, 0.2) is 36.4 Å². The van der Waals surface area contributed by atoms with Crippen LogP contribution in [0.4, 0.5) is 0 Å². The maximum Gasteiger partial charge on any atom is 0.332 e. The molecule has 2 rings (SSSR count). The fraction of sp³-hybridized carbons (Fsp3) is 0.450. The van der Waals surface area contributed by atoms with E-state index in [2.05, 4.69) is 6.58 Å². The van der Waals surface area contributed by atoms with Gasteiger partial charge in [-0.15, -0.1) is 0 Å². The van der Waals surface area contributed by atoms with Gasteiger partial charge >= 0.3 is 11.9 Å². The average Bonchev–Trinajstić information content (AvgIpc) is 2.59. The molecule has 0 saturated heterocycles. The molecular weight excluding hydrogens is 320 g/mol. The summed E-state index contributed by atoms with van der Waals surface area (Å²) in [6.07, 6.45) is 3.50. The highest BCUT2D eigenvalue weighted by Crippen LogP contribution is 2.47. The maximum absolute atomic E-state index is 12.7. The first-order chi connectivity index (χ1) is 11.8. The van der Waals surface area contributed by atoms with E-state index in [-0.39, 0.29) is 12.2 Å². The van der Waals surface area contributed by atoms with Gasteiger partial charge in [0.05, 0.1) is 0 Å². The fourth-order valence-electron chi connectivity index (χ4n) is 3.76. The summed E-state index contributed by atoms with van der Waals surface area (Å²) in [6.45, 7) is 5.44. The Hall–Kier alpha value is -2.43. The molecule has 1 aliphatic rings. The van der Waals surface area contributed by atoms with Crippen molar-refractivity contribution in [1.29, 1.82) is 0 Å². The Balaban J connectivity index is 2.43. The third kappa shape index (κ3) is 3.81. The average molecular weight is 344 g/mol. The zero-order valence-corrected chi connectivity index (χ0v) is 14.5. The summed E-state index contributed by atoms with van der Waals surface area (Å²) in [7, 11) is 0. The highest BCUT2D eigenvalue weighted by Gasteiger charge is 2.51. The van der Waals surface area contributed by atoms with E-state index in [4.69, 9.17) is 0 Å². The Kier molecular flexibility index (Phi) is 5.77. The lowest BCUT2D eigenvalue weighted by Crippen LogP contribution is -2.45. The molecule has 0 radical (unpaired) electrons. The number of aliphatic carboxylic acids is 2. The molecule has 0 amide bonds. The van der Waals surface area contributed by atoms with Gasteiger partial charge in [-0.25, -0.2) is 4.79 Å². The van der Waals surface area contributed by atoms with Crippen molar-refractivity contribution in [1.82, 2.24) is 0 Å². The standard InChI is InChI=1S/C20H24O5/c1-13-8-10-15(11-9-13)17(21)12-20(19(24)25,14(2)18(22)23)16-6-4-3-5-7-16/h8-11,16H,2-7,12H2,1H3,(H,22,23)(H,24,25). The minimum atomic E-state index is -1.76. The Morgan fingerprint density at radius 1 is 1.08 bits per heavy atom. The van der Waals surface area contributed by atoms with E-state index >= 15 is 0 Å². The maximum atomic E-state index is 12.7. The van der Waals surface area contributed by atoms with Gasteiger partial charge in [0.25, 0.3) is 0 Å². The Morgan fingerprint density at radius 2 is 1.64 bits per heavy atom. The van der Waals surface area contributed by atoms with Gasteiger partial charge in [-0.1, -0.05) is 55.7 Å². The lowest BCUT2D eigenvalue weighted by Gasteiger charge is -2.39. The molecule has 134 valence electrons. The molecular formula is C20H24O5. The SMILES string of the molecule is C=C(C(=O)O)C(CC(=O)c1ccc(C)cc1)(C(=O)O)C1CCCCC1. The van der Waals surface area contributed by atoms with Crippen LogP contribution in [0.5, 0.6) is 0 Å². The predicted octanol–water partition coefficient (Wildman–Crippen LogP) is 3.86. The van der Waals surface area contributed by atoms with E-state index in [1.54, 1.807) is 24.3 Å². The first kappa shape index (κ1) is 18.9. The number of carboxylic acids is 2. The number of carboxylic acid groups (broad SMARTS) is 2. The first-order valence-electron chi connectivity index (χ1n) is 8.55. The van der Waals surface area contributed by atoms with Crippen LogP contribution in [0.3, 0.4) is 0 Å². The molecule has 1 aromatic carbocycles. The van der Waals surface area contributed by atoms with Crippen molar-refractivity contribution in [3.05, 3.63) is 47.5 Å². The van der Waals surface area contributed by atoms with Crippen LogP contribution < -0.4 is 0 Å². The van der Waals surface area contributed by atoms with Crippen molar-refractivity contribution in [3.63, 3.8) is 0 Å². The Morgan fingerprint density at radius 3 is 2.12 bits per heavy atom. The molecule has 0 bridgehead atoms. The van der Waals surface area contributed by atoms with Crippen LogP contribution in [0.2, 0.25) is 0 Å². The zero-order valence-electron chi connectivity index (χ0n) is 14.5. The van der Waals surface area contributed by atoms with Gasteiger partial charge in [-0.05, 0) is 25.7 Å². The van der Waals surface area contributed by atoms with Crippen LogP contribution in [0.25, 0.3) is 0 Å². The molecule has 0 aliphatic heterocycles. The molecule has 1 fully saturated rings. The van der Waals surface area contributed by atoms with Gasteiger partial charge in [0.15, 0.2) is 5.78 Å². The lowest BCUT2D eigenvalue weighted by atomic mass is 9.62. The Labute approximate surface area is 147 Å². The number of rotatable bonds is 7. The predicted molar refractivity (Wildman–Crippen MR) is 93.5 cm³/mol. The highest BCUT2D eigenvalue weighted by atomic mass is 16.4. The van der Waals surface area contributed by atoms with Crippen molar-refractivity contribution >= 4 is 17.7 Å². The number of hydrogen-bond donors (Lipinski definition) is 2. The molecule has 1 aliphatic carbocycles. The molecule has 25 heavy (non-hydrogen) atoms. The van der Waals surface area contributed by atoms with Crippen molar-refractivity contribution < 1.29 is 24.6 Å². The molecule has 1 atom stereocenters. The Bertz CT molecular complexity index is 683. The van der Waals surface area contributed by atoms with Crippen LogP contribution in [0, 0.1) is 18.3 Å². The smallest absolute Gasteiger partial charge is 0.332 e. The monoisotopic (exact) mass is 344 g/mol. The molecule has 1 unspecified atom stereocenters. The molecule has 1 aromatic rings. The summed E-state index contributed by atoms with van der Waals surface area (Å²) >= 11 is 0. The number of aryl methyl sites for hydroxylation is 1. The fourth-order valence-corrected chi connectivity index (χ4v) is 3.76. The summed E-state index contributed by atoms with van der Waals surface area (Å²) < 4.78 is 0. The summed E-state index contributed by atoms with van der Waals surface area (Å²) in [5.74, 6) is -3.39. The third-order valence-electron chi connectivity index (χ3n) is 5.29. The van der Waals surface area contributed by atoms with Gasteiger partial charge < -0.3 is 10.2 Å². The zero-order chi connectivity index (χ0) is 18.6. The normalized spacial score (nSPS) is 17.5. The molecule has 5 heteroatoms. The quantitative estimate of drug-likeness (QED) is 0.579. The van der Waals surface area contributed by atoms with Gasteiger partial charge in [0.2, 0.25) is 0 Å². The van der Waals surface area contributed by atoms with E-state index in [9.17, 15) is 24.6 Å². The number of carbonyl (C=O) groups is 3. The second kappa shape index (κ2) is 7.64. The third-order valence-corrected chi connectivity index (χ3v) is 5.29. The number of ketones is 1. The number of carbonyl (C=O) groups excluding carboxylic acids is 1. The number of hydrogen-bond acceptors (Lipinski definition) is 3. The second-order valence-electron chi connectivity index (χ2n) is 6.86. The van der Waals surface area contributed by atoms with Gasteiger partial charge in [0, 0.05) is 17.6 Å². The van der Waals surface area contributed by atoms with Crippen molar-refractivity contribution in [2.45, 2.75) is 45.4 Å². The van der Waals surface area contributed by atoms with Gasteiger partial charge in [-0.2, -0.15) is 0 Å². The van der Waals surface area contributed by atoms with Crippen LogP contribution in [-0.2, 0) is 9.59 Å². The van der Waals surface area contributed by atoms with E-state index in [0.29, 0.717) is 18.4 Å². The highest BCUT2D eigenvalue weighted by molar-refractivity contribution is 6.03. The minimum Gasteiger partial charge on any atom is -0.481 e. The number of benzene rings is 1. The molecule has 5 nitrogen and oxygen atoms in total. The van der Waals surface area contributed by atoms with Crippen molar-refractivity contribution in [2.24, 2.45) is 11.3 Å². The molecule has 0 aromatic heterocycles. The van der Waals surface area contributed by atoms with E-state index in [1.165, 1.54) is 0 Å². The first-order valence-corrected chi connectivity index (χ1v) is 8.55. The molecule has 1 saturated carbocycles. The van der Waals surface area contributed by atoms with Crippen LogP contribution in [0.1, 0.15) is 54.4 Å². The van der Waals surface area contributed by atoms with E-state index in [0.717, 1.165) is 24.8 Å². The largest absolute Gasteiger partial charge is 0.481 e. The lowest BCUT2D eigenvalue weighted by molar-refractivity contribution is -0.154. The van der Waals surface area contributed by atoms with Crippen LogP contribution in [-0.4, -0.2) is 27.9 Å². The van der Waals surface area contributed by atoms with Crippen molar-refractivity contribution in [3.8, 4) is 0 Å². The summed E-state index contributed by atoms with van der Waals surface area (Å²) in [6, 6.07) is 6.86. The van der Waals surface area contributed by atoms with Crippen molar-refractivity contribution in [2.75, 3.05) is 0 Å². The molecule has 2 N–H and O–H groups in total. The van der Waals surface area contributed by atoms with Gasteiger partial charge in [0.1, 0.15) is 5.41 Å². The molecule has 0 spiro atoms. The summed E-state index contributed by atoms with van der Waals surface area (Å²) in [5, 5.41) is 19.4. The topological polar surface area (TPSA) is 91.7 Å². The second-order valence-corrected chi connectivity index (χ2v) is 6.86.